The van der Waals surface area contributed by atoms with Gasteiger partial charge in [-0.1, -0.05) is 0 Å². The average molecular weight is 160 g/mol. The summed E-state index contributed by atoms with van der Waals surface area (Å²) < 4.78 is 25.5. The summed E-state index contributed by atoms with van der Waals surface area (Å²) in [6.07, 6.45) is 1.62. The van der Waals surface area contributed by atoms with Gasteiger partial charge in [-0.05, 0) is 24.2 Å². The number of hydrogen-bond donors (Lipinski definition) is 1. The number of fused-ring (bicyclic) bond motifs is 1. The number of rotatable bonds is 1. The Morgan fingerprint density at radius 3 is 2.27 bits per heavy atom. The highest BCUT2D eigenvalue weighted by Crippen LogP contribution is 2.95. The summed E-state index contributed by atoms with van der Waals surface area (Å²) in [5.74, 6) is -2.17. The van der Waals surface area contributed by atoms with Gasteiger partial charge in [0.2, 0.25) is 0 Å². The molecule has 0 saturated heterocycles. The molecule has 0 heterocycles. The van der Waals surface area contributed by atoms with E-state index in [0.29, 0.717) is 6.42 Å². The molecular weight excluding hydrogens is 150 g/mol. The van der Waals surface area contributed by atoms with Gasteiger partial charge in [0, 0.05) is 18.4 Å². The fraction of sp³-hybridized carbons (Fsp3) is 1.00. The Morgan fingerprint density at radius 1 is 1.36 bits per heavy atom. The summed E-state index contributed by atoms with van der Waals surface area (Å²) >= 11 is 0. The van der Waals surface area contributed by atoms with Crippen molar-refractivity contribution in [1.29, 1.82) is 0 Å². The van der Waals surface area contributed by atoms with Crippen LogP contribution in [-0.4, -0.2) is 17.6 Å². The molecule has 3 saturated carbocycles. The minimum absolute atomic E-state index is 0.0920. The lowest BCUT2D eigenvalue weighted by Gasteiger charge is -1.92. The maximum absolute atomic E-state index is 12.7. The maximum atomic E-state index is 12.7. The molecule has 0 aromatic carbocycles. The second kappa shape index (κ2) is 1.24. The topological polar surface area (TPSA) is 20.2 Å². The molecule has 1 nitrogen and oxygen atoms in total. The van der Waals surface area contributed by atoms with Crippen LogP contribution in [0, 0.1) is 16.7 Å². The van der Waals surface area contributed by atoms with E-state index in [1.165, 1.54) is 0 Å². The standard InChI is InChI=1S/C8H10F2O/c9-8(10)4-7(8)3-6(7)1-5(6)2-11/h5,11H,1-4H2/t5?,6-,7-/m1/s1. The molecule has 0 amide bonds. The van der Waals surface area contributed by atoms with Crippen molar-refractivity contribution in [2.24, 2.45) is 16.7 Å². The van der Waals surface area contributed by atoms with Crippen molar-refractivity contribution in [3.8, 4) is 0 Å². The smallest absolute Gasteiger partial charge is 0.255 e. The zero-order valence-corrected chi connectivity index (χ0v) is 6.11. The second-order valence-corrected chi connectivity index (χ2v) is 4.38. The number of aliphatic hydroxyl groups is 1. The number of hydrogen-bond acceptors (Lipinski definition) is 1. The third-order valence-electron chi connectivity index (χ3n) is 4.00. The molecule has 62 valence electrons. The van der Waals surface area contributed by atoms with Crippen molar-refractivity contribution in [1.82, 2.24) is 0 Å². The van der Waals surface area contributed by atoms with E-state index in [9.17, 15) is 8.78 Å². The van der Waals surface area contributed by atoms with Crippen molar-refractivity contribution in [2.75, 3.05) is 6.61 Å². The predicted octanol–water partition coefficient (Wildman–Crippen LogP) is 1.41. The van der Waals surface area contributed by atoms with Crippen LogP contribution >= 0.6 is 0 Å². The van der Waals surface area contributed by atoms with Crippen molar-refractivity contribution >= 4 is 0 Å². The van der Waals surface area contributed by atoms with E-state index >= 15 is 0 Å². The molecule has 0 radical (unpaired) electrons. The molecule has 0 aromatic rings. The Kier molecular flexibility index (Phi) is 0.716. The summed E-state index contributed by atoms with van der Waals surface area (Å²) in [6, 6.07) is 0. The Bertz CT molecular complexity index is 240. The van der Waals surface area contributed by atoms with E-state index in [1.54, 1.807) is 0 Å². The average Bonchev–Trinajstić information content (AvgIpc) is 2.77. The van der Waals surface area contributed by atoms with Gasteiger partial charge in [-0.25, -0.2) is 8.78 Å². The molecule has 3 aliphatic rings. The van der Waals surface area contributed by atoms with Gasteiger partial charge < -0.3 is 5.11 Å². The van der Waals surface area contributed by atoms with Crippen molar-refractivity contribution in [2.45, 2.75) is 25.2 Å². The van der Waals surface area contributed by atoms with E-state index in [4.69, 9.17) is 5.11 Å². The lowest BCUT2D eigenvalue weighted by Crippen LogP contribution is -1.98. The van der Waals surface area contributed by atoms with Crippen molar-refractivity contribution in [3.05, 3.63) is 0 Å². The van der Waals surface area contributed by atoms with Crippen LogP contribution in [0.4, 0.5) is 8.78 Å². The van der Waals surface area contributed by atoms with Gasteiger partial charge in [0.25, 0.3) is 5.92 Å². The van der Waals surface area contributed by atoms with Gasteiger partial charge in [0.05, 0.1) is 0 Å². The molecule has 3 atom stereocenters. The van der Waals surface area contributed by atoms with Gasteiger partial charge in [0.1, 0.15) is 0 Å². The monoisotopic (exact) mass is 160 g/mol. The molecule has 1 unspecified atom stereocenters. The maximum Gasteiger partial charge on any atom is 0.255 e. The van der Waals surface area contributed by atoms with Crippen LogP contribution in [0.25, 0.3) is 0 Å². The molecule has 0 aliphatic heterocycles. The van der Waals surface area contributed by atoms with Crippen molar-refractivity contribution in [3.63, 3.8) is 0 Å². The van der Waals surface area contributed by atoms with E-state index < -0.39 is 11.3 Å². The number of alkyl halides is 2. The van der Waals surface area contributed by atoms with Crippen LogP contribution in [-0.2, 0) is 0 Å². The van der Waals surface area contributed by atoms with E-state index in [-0.39, 0.29) is 24.4 Å². The summed E-state index contributed by atoms with van der Waals surface area (Å²) in [4.78, 5) is 0. The molecular formula is C8H10F2O. The summed E-state index contributed by atoms with van der Waals surface area (Å²) in [7, 11) is 0. The minimum atomic E-state index is -2.38. The molecule has 0 aromatic heterocycles. The summed E-state index contributed by atoms with van der Waals surface area (Å²) in [6.45, 7) is 0.109. The lowest BCUT2D eigenvalue weighted by molar-refractivity contribution is 0.0864. The summed E-state index contributed by atoms with van der Waals surface area (Å²) in [5, 5.41) is 8.77. The highest BCUT2D eigenvalue weighted by atomic mass is 19.3. The first-order chi connectivity index (χ1) is 5.08. The Balaban J connectivity index is 1.82. The third kappa shape index (κ3) is 0.443. The van der Waals surface area contributed by atoms with Crippen LogP contribution in [0.2, 0.25) is 0 Å². The fourth-order valence-corrected chi connectivity index (χ4v) is 2.98. The highest BCUT2D eigenvalue weighted by molar-refractivity contribution is 5.39. The molecule has 3 heteroatoms. The van der Waals surface area contributed by atoms with Crippen LogP contribution in [0.3, 0.4) is 0 Å². The molecule has 3 fully saturated rings. The molecule has 3 aliphatic carbocycles. The third-order valence-corrected chi connectivity index (χ3v) is 4.00. The quantitative estimate of drug-likeness (QED) is 0.615. The lowest BCUT2D eigenvalue weighted by atomic mass is 10.2. The van der Waals surface area contributed by atoms with Crippen LogP contribution in [0.1, 0.15) is 19.3 Å². The number of aliphatic hydroxyl groups excluding tert-OH is 1. The Labute approximate surface area is 63.4 Å². The van der Waals surface area contributed by atoms with Crippen molar-refractivity contribution < 1.29 is 13.9 Å². The zero-order valence-electron chi connectivity index (χ0n) is 6.11. The molecule has 11 heavy (non-hydrogen) atoms. The van der Waals surface area contributed by atoms with Gasteiger partial charge in [0.15, 0.2) is 0 Å². The second-order valence-electron chi connectivity index (χ2n) is 4.38. The van der Waals surface area contributed by atoms with E-state index in [1.807, 2.05) is 0 Å². The first-order valence-corrected chi connectivity index (χ1v) is 4.07. The van der Waals surface area contributed by atoms with Gasteiger partial charge in [-0.3, -0.25) is 0 Å². The largest absolute Gasteiger partial charge is 0.396 e. The molecule has 1 N–H and O–H groups in total. The number of halogens is 2. The van der Waals surface area contributed by atoms with Crippen LogP contribution in [0.5, 0.6) is 0 Å². The Morgan fingerprint density at radius 2 is 2.00 bits per heavy atom. The van der Waals surface area contributed by atoms with Gasteiger partial charge in [-0.2, -0.15) is 0 Å². The van der Waals surface area contributed by atoms with Crippen LogP contribution in [0.15, 0.2) is 0 Å². The first kappa shape index (κ1) is 6.35. The summed E-state index contributed by atoms with van der Waals surface area (Å²) in [5.41, 5.74) is -0.710. The first-order valence-electron chi connectivity index (χ1n) is 4.07. The van der Waals surface area contributed by atoms with Crippen LogP contribution < -0.4 is 0 Å². The predicted molar refractivity (Wildman–Crippen MR) is 34.2 cm³/mol. The Hall–Kier alpha value is -0.180. The molecule has 2 spiro atoms. The van der Waals surface area contributed by atoms with Gasteiger partial charge >= 0.3 is 0 Å². The normalized spacial score (nSPS) is 61.9. The van der Waals surface area contributed by atoms with E-state index in [0.717, 1.165) is 6.42 Å². The zero-order chi connectivity index (χ0) is 7.91. The SMILES string of the molecule is OCC1C[C@@]12C[C@@]21CC1(F)F. The van der Waals surface area contributed by atoms with E-state index in [2.05, 4.69) is 0 Å². The minimum Gasteiger partial charge on any atom is -0.396 e. The fourth-order valence-electron chi connectivity index (χ4n) is 2.98. The molecule has 0 bridgehead atoms. The molecule has 3 rings (SSSR count). The van der Waals surface area contributed by atoms with Gasteiger partial charge in [-0.15, -0.1) is 0 Å². The highest BCUT2D eigenvalue weighted by Gasteiger charge is 2.96.